The van der Waals surface area contributed by atoms with Gasteiger partial charge in [0.15, 0.2) is 5.96 Å². The predicted molar refractivity (Wildman–Crippen MR) is 110 cm³/mol. The van der Waals surface area contributed by atoms with Crippen molar-refractivity contribution in [3.8, 4) is 0 Å². The third kappa shape index (κ3) is 12.0. The SMILES string of the molecule is CCOCCCCNC(=NC)NCCCN1CCC(C)CC1.I. The number of unbranched alkanes of at least 4 members (excludes halogenated alkanes) is 1. The van der Waals surface area contributed by atoms with Crippen LogP contribution in [0.3, 0.4) is 0 Å². The van der Waals surface area contributed by atoms with Crippen molar-refractivity contribution >= 4 is 29.9 Å². The second-order valence-electron chi connectivity index (χ2n) is 6.21. The van der Waals surface area contributed by atoms with Crippen LogP contribution in [0.4, 0.5) is 0 Å². The average Bonchev–Trinajstić information content (AvgIpc) is 2.54. The van der Waals surface area contributed by atoms with Crippen molar-refractivity contribution in [3.05, 3.63) is 0 Å². The average molecular weight is 440 g/mol. The second kappa shape index (κ2) is 15.4. The van der Waals surface area contributed by atoms with Crippen LogP contribution in [0.15, 0.2) is 4.99 Å². The predicted octanol–water partition coefficient (Wildman–Crippen LogP) is 2.71. The van der Waals surface area contributed by atoms with Gasteiger partial charge in [0.25, 0.3) is 0 Å². The number of halogens is 1. The van der Waals surface area contributed by atoms with Gasteiger partial charge in [-0.2, -0.15) is 0 Å². The van der Waals surface area contributed by atoms with Crippen molar-refractivity contribution in [2.75, 3.05) is 53.0 Å². The van der Waals surface area contributed by atoms with Crippen molar-refractivity contribution in [1.82, 2.24) is 15.5 Å². The van der Waals surface area contributed by atoms with Crippen LogP contribution in [0.1, 0.15) is 46.0 Å². The smallest absolute Gasteiger partial charge is 0.190 e. The number of rotatable bonds is 10. The van der Waals surface area contributed by atoms with Crippen molar-refractivity contribution in [3.63, 3.8) is 0 Å². The summed E-state index contributed by atoms with van der Waals surface area (Å²) in [5.41, 5.74) is 0. The molecule has 0 bridgehead atoms. The maximum atomic E-state index is 5.33. The van der Waals surface area contributed by atoms with E-state index >= 15 is 0 Å². The number of hydrogen-bond donors (Lipinski definition) is 2. The summed E-state index contributed by atoms with van der Waals surface area (Å²) in [7, 11) is 1.83. The summed E-state index contributed by atoms with van der Waals surface area (Å²) in [6, 6.07) is 0. The molecule has 0 aliphatic carbocycles. The monoisotopic (exact) mass is 440 g/mol. The van der Waals surface area contributed by atoms with E-state index in [1.807, 2.05) is 14.0 Å². The van der Waals surface area contributed by atoms with Gasteiger partial charge >= 0.3 is 0 Å². The Bertz CT molecular complexity index is 294. The van der Waals surface area contributed by atoms with Gasteiger partial charge in [0.1, 0.15) is 0 Å². The Hall–Kier alpha value is -0.0800. The van der Waals surface area contributed by atoms with Crippen LogP contribution in [0.5, 0.6) is 0 Å². The highest BCUT2D eigenvalue weighted by Crippen LogP contribution is 2.15. The molecule has 1 aliphatic rings. The van der Waals surface area contributed by atoms with Gasteiger partial charge in [0, 0.05) is 33.4 Å². The fraction of sp³-hybridized carbons (Fsp3) is 0.941. The summed E-state index contributed by atoms with van der Waals surface area (Å²) in [5, 5.41) is 6.76. The molecule has 1 fully saturated rings. The zero-order valence-electron chi connectivity index (χ0n) is 15.3. The summed E-state index contributed by atoms with van der Waals surface area (Å²) in [6.07, 6.45) is 6.12. The van der Waals surface area contributed by atoms with Gasteiger partial charge in [-0.15, -0.1) is 24.0 Å². The van der Waals surface area contributed by atoms with Gasteiger partial charge in [-0.05, 0) is 64.6 Å². The molecule has 1 heterocycles. The molecule has 0 aromatic heterocycles. The first kappa shape index (κ1) is 22.9. The van der Waals surface area contributed by atoms with E-state index < -0.39 is 0 Å². The first-order valence-corrected chi connectivity index (χ1v) is 9.00. The zero-order valence-corrected chi connectivity index (χ0v) is 17.6. The molecule has 1 rings (SSSR count). The number of ether oxygens (including phenoxy) is 1. The Kier molecular flexibility index (Phi) is 15.4. The summed E-state index contributed by atoms with van der Waals surface area (Å²) in [6.45, 7) is 11.8. The van der Waals surface area contributed by atoms with E-state index in [-0.39, 0.29) is 24.0 Å². The Labute approximate surface area is 160 Å². The van der Waals surface area contributed by atoms with Crippen LogP contribution < -0.4 is 10.6 Å². The number of likely N-dealkylation sites (tertiary alicyclic amines) is 1. The molecule has 0 spiro atoms. The Morgan fingerprint density at radius 2 is 1.78 bits per heavy atom. The molecule has 1 saturated heterocycles. The standard InChI is InChI=1S/C17H36N4O.HI/c1-4-22-15-6-5-10-19-17(18-3)20-11-7-12-21-13-8-16(2)9-14-21;/h16H,4-15H2,1-3H3,(H2,18,19,20);1H. The molecule has 0 unspecified atom stereocenters. The molecule has 0 atom stereocenters. The molecule has 0 aromatic carbocycles. The molecule has 138 valence electrons. The van der Waals surface area contributed by atoms with E-state index in [1.54, 1.807) is 0 Å². The van der Waals surface area contributed by atoms with E-state index in [4.69, 9.17) is 4.74 Å². The molecule has 1 aliphatic heterocycles. The first-order chi connectivity index (χ1) is 10.8. The van der Waals surface area contributed by atoms with Gasteiger partial charge in [-0.3, -0.25) is 4.99 Å². The lowest BCUT2D eigenvalue weighted by atomic mass is 9.99. The van der Waals surface area contributed by atoms with Crippen LogP contribution in [0, 0.1) is 5.92 Å². The maximum Gasteiger partial charge on any atom is 0.190 e. The molecule has 23 heavy (non-hydrogen) atoms. The van der Waals surface area contributed by atoms with E-state index in [0.29, 0.717) is 0 Å². The quantitative estimate of drug-likeness (QED) is 0.237. The Morgan fingerprint density at radius 1 is 1.13 bits per heavy atom. The molecule has 0 radical (unpaired) electrons. The molecule has 5 nitrogen and oxygen atoms in total. The lowest BCUT2D eigenvalue weighted by Crippen LogP contribution is -2.40. The number of aliphatic imine (C=N–C) groups is 1. The summed E-state index contributed by atoms with van der Waals surface area (Å²) >= 11 is 0. The van der Waals surface area contributed by atoms with Crippen molar-refractivity contribution in [2.45, 2.75) is 46.0 Å². The summed E-state index contributed by atoms with van der Waals surface area (Å²) in [4.78, 5) is 6.85. The highest BCUT2D eigenvalue weighted by molar-refractivity contribution is 14.0. The fourth-order valence-electron chi connectivity index (χ4n) is 2.70. The maximum absolute atomic E-state index is 5.33. The Morgan fingerprint density at radius 3 is 2.39 bits per heavy atom. The number of guanidine groups is 1. The number of hydrogen-bond acceptors (Lipinski definition) is 3. The minimum absolute atomic E-state index is 0. The van der Waals surface area contributed by atoms with Crippen LogP contribution in [-0.2, 0) is 4.74 Å². The fourth-order valence-corrected chi connectivity index (χ4v) is 2.70. The lowest BCUT2D eigenvalue weighted by Gasteiger charge is -2.30. The first-order valence-electron chi connectivity index (χ1n) is 9.00. The molecule has 2 N–H and O–H groups in total. The third-order valence-electron chi connectivity index (χ3n) is 4.26. The van der Waals surface area contributed by atoms with Gasteiger partial charge < -0.3 is 20.3 Å². The van der Waals surface area contributed by atoms with Gasteiger partial charge in [-0.25, -0.2) is 0 Å². The Balaban J connectivity index is 0.00000484. The molecular weight excluding hydrogens is 403 g/mol. The largest absolute Gasteiger partial charge is 0.382 e. The van der Waals surface area contributed by atoms with Gasteiger partial charge in [-0.1, -0.05) is 6.92 Å². The third-order valence-corrected chi connectivity index (χ3v) is 4.26. The van der Waals surface area contributed by atoms with Crippen molar-refractivity contribution < 1.29 is 4.74 Å². The summed E-state index contributed by atoms with van der Waals surface area (Å²) in [5.74, 6) is 1.84. The molecule has 0 aromatic rings. The van der Waals surface area contributed by atoms with Crippen molar-refractivity contribution in [1.29, 1.82) is 0 Å². The number of nitrogens with one attached hydrogen (secondary N) is 2. The van der Waals surface area contributed by atoms with Crippen LogP contribution >= 0.6 is 24.0 Å². The normalized spacial score (nSPS) is 16.9. The minimum Gasteiger partial charge on any atom is -0.382 e. The van der Waals surface area contributed by atoms with Gasteiger partial charge in [0.05, 0.1) is 0 Å². The highest BCUT2D eigenvalue weighted by Gasteiger charge is 2.14. The van der Waals surface area contributed by atoms with E-state index in [0.717, 1.165) is 51.0 Å². The number of nitrogens with zero attached hydrogens (tertiary/aromatic N) is 2. The topological polar surface area (TPSA) is 48.9 Å². The minimum atomic E-state index is 0. The molecule has 0 amide bonds. The van der Waals surface area contributed by atoms with Crippen molar-refractivity contribution in [2.24, 2.45) is 10.9 Å². The van der Waals surface area contributed by atoms with Crippen LogP contribution in [-0.4, -0.2) is 63.8 Å². The summed E-state index contributed by atoms with van der Waals surface area (Å²) < 4.78 is 5.33. The zero-order chi connectivity index (χ0) is 16.0. The van der Waals surface area contributed by atoms with E-state index in [9.17, 15) is 0 Å². The molecule has 6 heteroatoms. The van der Waals surface area contributed by atoms with E-state index in [2.05, 4.69) is 27.4 Å². The van der Waals surface area contributed by atoms with Gasteiger partial charge in [0.2, 0.25) is 0 Å². The molecule has 0 saturated carbocycles. The lowest BCUT2D eigenvalue weighted by molar-refractivity contribution is 0.143. The van der Waals surface area contributed by atoms with Crippen LogP contribution in [0.25, 0.3) is 0 Å². The van der Waals surface area contributed by atoms with Crippen LogP contribution in [0.2, 0.25) is 0 Å². The number of piperidine rings is 1. The second-order valence-corrected chi connectivity index (χ2v) is 6.21. The highest BCUT2D eigenvalue weighted by atomic mass is 127. The van der Waals surface area contributed by atoms with E-state index in [1.165, 1.54) is 38.9 Å². The molecular formula is C17H37IN4O.